The number of halogens is 1. The van der Waals surface area contributed by atoms with E-state index in [9.17, 15) is 15.2 Å². The molecule has 2 heterocycles. The summed E-state index contributed by atoms with van der Waals surface area (Å²) in [4.78, 5) is 17.5. The lowest BCUT2D eigenvalue weighted by molar-refractivity contribution is -0.385. The van der Waals surface area contributed by atoms with Crippen molar-refractivity contribution in [2.24, 2.45) is 0 Å². The summed E-state index contributed by atoms with van der Waals surface area (Å²) in [5, 5.41) is 20.8. The molecule has 0 atom stereocenters. The van der Waals surface area contributed by atoms with Gasteiger partial charge in [-0.2, -0.15) is 0 Å². The number of anilines is 1. The Hall–Kier alpha value is -1.38. The van der Waals surface area contributed by atoms with Crippen LogP contribution in [0.2, 0.25) is 0 Å². The number of benzene rings is 1. The highest BCUT2D eigenvalue weighted by Crippen LogP contribution is 2.38. The Balaban J connectivity index is 1.64. The molecule has 0 bridgehead atoms. The Bertz CT molecular complexity index is 612. The first-order chi connectivity index (χ1) is 11.5. The Morgan fingerprint density at radius 3 is 2.38 bits per heavy atom. The normalized spacial score (nSPS) is 21.2. The number of phenols is 1. The van der Waals surface area contributed by atoms with Crippen molar-refractivity contribution < 1.29 is 10.0 Å². The van der Waals surface area contributed by atoms with Gasteiger partial charge in [0, 0.05) is 61.9 Å². The van der Waals surface area contributed by atoms with Crippen LogP contribution in [0.4, 0.5) is 11.4 Å². The SMILES string of the molecule is CN1CCN(C2CCN(c3cc(O)c([N+](=O)[O-])cc3Br)CC2)CC1. The first-order valence-electron chi connectivity index (χ1n) is 8.30. The van der Waals surface area contributed by atoms with Crippen molar-refractivity contribution >= 4 is 27.3 Å². The van der Waals surface area contributed by atoms with Crippen LogP contribution in [-0.4, -0.2) is 72.2 Å². The molecule has 0 unspecified atom stereocenters. The van der Waals surface area contributed by atoms with Gasteiger partial charge in [-0.25, -0.2) is 0 Å². The maximum atomic E-state index is 10.9. The summed E-state index contributed by atoms with van der Waals surface area (Å²) < 4.78 is 0.657. The second kappa shape index (κ2) is 7.25. The molecule has 0 saturated carbocycles. The van der Waals surface area contributed by atoms with Gasteiger partial charge in [0.05, 0.1) is 10.6 Å². The molecule has 2 saturated heterocycles. The van der Waals surface area contributed by atoms with Crippen LogP contribution in [0.3, 0.4) is 0 Å². The number of piperazine rings is 1. The van der Waals surface area contributed by atoms with E-state index in [-0.39, 0.29) is 11.4 Å². The van der Waals surface area contributed by atoms with Crippen LogP contribution in [0.25, 0.3) is 0 Å². The predicted molar refractivity (Wildman–Crippen MR) is 96.8 cm³/mol. The summed E-state index contributed by atoms with van der Waals surface area (Å²) in [6, 6.07) is 3.50. The van der Waals surface area contributed by atoms with Crippen LogP contribution in [0.5, 0.6) is 5.75 Å². The number of nitro groups is 1. The zero-order chi connectivity index (χ0) is 17.3. The molecule has 24 heavy (non-hydrogen) atoms. The van der Waals surface area contributed by atoms with Gasteiger partial charge in [-0.15, -0.1) is 0 Å². The maximum absolute atomic E-state index is 10.9. The molecule has 0 aliphatic carbocycles. The molecule has 1 aromatic carbocycles. The lowest BCUT2D eigenvalue weighted by Gasteiger charge is -2.42. The van der Waals surface area contributed by atoms with Gasteiger partial charge in [-0.05, 0) is 35.8 Å². The smallest absolute Gasteiger partial charge is 0.311 e. The number of nitro benzene ring substituents is 1. The van der Waals surface area contributed by atoms with Crippen molar-refractivity contribution in [2.75, 3.05) is 51.2 Å². The van der Waals surface area contributed by atoms with Gasteiger partial charge in [0.2, 0.25) is 0 Å². The fourth-order valence-corrected chi connectivity index (χ4v) is 4.17. The third-order valence-corrected chi connectivity index (χ3v) is 5.74. The topological polar surface area (TPSA) is 73.1 Å². The zero-order valence-electron chi connectivity index (χ0n) is 13.8. The van der Waals surface area contributed by atoms with E-state index in [4.69, 9.17) is 0 Å². The second-order valence-corrected chi connectivity index (χ2v) is 7.46. The first kappa shape index (κ1) is 17.4. The number of hydrogen-bond donors (Lipinski definition) is 1. The lowest BCUT2D eigenvalue weighted by Crippen LogP contribution is -2.52. The molecule has 2 fully saturated rings. The van der Waals surface area contributed by atoms with E-state index in [1.54, 1.807) is 0 Å². The molecule has 8 heteroatoms. The second-order valence-electron chi connectivity index (χ2n) is 6.61. The van der Waals surface area contributed by atoms with Crippen LogP contribution in [0.1, 0.15) is 12.8 Å². The highest BCUT2D eigenvalue weighted by molar-refractivity contribution is 9.10. The zero-order valence-corrected chi connectivity index (χ0v) is 15.4. The van der Waals surface area contributed by atoms with Crippen LogP contribution in [0, 0.1) is 10.1 Å². The number of aromatic hydroxyl groups is 1. The molecule has 0 amide bonds. The van der Waals surface area contributed by atoms with Crippen molar-refractivity contribution in [3.63, 3.8) is 0 Å². The summed E-state index contributed by atoms with van der Waals surface area (Å²) in [6.45, 7) is 6.30. The van der Waals surface area contributed by atoms with Crippen LogP contribution in [0.15, 0.2) is 16.6 Å². The van der Waals surface area contributed by atoms with Crippen LogP contribution in [-0.2, 0) is 0 Å². The van der Waals surface area contributed by atoms with Crippen LogP contribution >= 0.6 is 15.9 Å². The van der Waals surface area contributed by atoms with Gasteiger partial charge in [0.15, 0.2) is 5.75 Å². The first-order valence-corrected chi connectivity index (χ1v) is 9.09. The van der Waals surface area contributed by atoms with Crippen molar-refractivity contribution in [3.8, 4) is 5.75 Å². The highest BCUT2D eigenvalue weighted by atomic mass is 79.9. The Labute approximate surface area is 150 Å². The van der Waals surface area contributed by atoms with E-state index in [2.05, 4.69) is 37.7 Å². The summed E-state index contributed by atoms with van der Waals surface area (Å²) in [7, 11) is 2.17. The monoisotopic (exact) mass is 398 g/mol. The van der Waals surface area contributed by atoms with Gasteiger partial charge in [0.25, 0.3) is 0 Å². The van der Waals surface area contributed by atoms with Crippen molar-refractivity contribution in [3.05, 3.63) is 26.7 Å². The Morgan fingerprint density at radius 2 is 1.79 bits per heavy atom. The van der Waals surface area contributed by atoms with Gasteiger partial charge >= 0.3 is 5.69 Å². The van der Waals surface area contributed by atoms with Gasteiger partial charge in [-0.3, -0.25) is 15.0 Å². The molecule has 0 spiro atoms. The third kappa shape index (κ3) is 3.65. The van der Waals surface area contributed by atoms with E-state index >= 15 is 0 Å². The molecule has 2 aliphatic rings. The molecule has 0 aromatic heterocycles. The Kier molecular flexibility index (Phi) is 5.27. The summed E-state index contributed by atoms with van der Waals surface area (Å²) in [5.41, 5.74) is 0.563. The van der Waals surface area contributed by atoms with Gasteiger partial charge < -0.3 is 14.9 Å². The summed E-state index contributed by atoms with van der Waals surface area (Å²) in [6.07, 6.45) is 2.15. The van der Waals surface area contributed by atoms with E-state index < -0.39 is 4.92 Å². The largest absolute Gasteiger partial charge is 0.502 e. The summed E-state index contributed by atoms with van der Waals surface area (Å²) in [5.74, 6) is -0.278. The quantitative estimate of drug-likeness (QED) is 0.621. The molecule has 1 N–H and O–H groups in total. The third-order valence-electron chi connectivity index (χ3n) is 5.10. The molecule has 132 valence electrons. The molecule has 7 nitrogen and oxygen atoms in total. The van der Waals surface area contributed by atoms with Crippen molar-refractivity contribution in [1.82, 2.24) is 9.80 Å². The average molecular weight is 399 g/mol. The van der Waals surface area contributed by atoms with E-state index in [0.29, 0.717) is 10.5 Å². The number of nitrogens with zero attached hydrogens (tertiary/aromatic N) is 4. The molecular weight excluding hydrogens is 376 g/mol. The number of rotatable bonds is 3. The highest BCUT2D eigenvalue weighted by Gasteiger charge is 2.28. The minimum Gasteiger partial charge on any atom is -0.502 e. The fraction of sp³-hybridized carbons (Fsp3) is 0.625. The number of piperidine rings is 1. The molecule has 0 radical (unpaired) electrons. The van der Waals surface area contributed by atoms with E-state index in [1.165, 1.54) is 12.1 Å². The minimum absolute atomic E-state index is 0.266. The number of phenolic OH excluding ortho intramolecular Hbond substituents is 1. The van der Waals surface area contributed by atoms with Gasteiger partial charge in [0.1, 0.15) is 0 Å². The molecule has 3 rings (SSSR count). The average Bonchev–Trinajstić information content (AvgIpc) is 2.57. The van der Waals surface area contributed by atoms with E-state index in [0.717, 1.165) is 57.8 Å². The number of hydrogen-bond acceptors (Lipinski definition) is 6. The van der Waals surface area contributed by atoms with Crippen molar-refractivity contribution in [1.29, 1.82) is 0 Å². The van der Waals surface area contributed by atoms with Crippen LogP contribution < -0.4 is 4.90 Å². The van der Waals surface area contributed by atoms with E-state index in [1.807, 2.05) is 0 Å². The van der Waals surface area contributed by atoms with Gasteiger partial charge in [-0.1, -0.05) is 0 Å². The standard InChI is InChI=1S/C16H23BrN4O3/c1-18-6-8-19(9-7-18)12-2-4-20(5-3-12)14-11-16(22)15(21(23)24)10-13(14)17/h10-12,22H,2-9H2,1H3. The fourth-order valence-electron chi connectivity index (χ4n) is 3.59. The minimum atomic E-state index is -0.566. The molecule has 2 aliphatic heterocycles. The maximum Gasteiger partial charge on any atom is 0.311 e. The number of likely N-dealkylation sites (N-methyl/N-ethyl adjacent to an activating group) is 1. The summed E-state index contributed by atoms with van der Waals surface area (Å²) >= 11 is 3.41. The predicted octanol–water partition coefficient (Wildman–Crippen LogP) is 2.28. The Morgan fingerprint density at radius 1 is 1.17 bits per heavy atom. The molecular formula is C16H23BrN4O3. The van der Waals surface area contributed by atoms with Crippen molar-refractivity contribution in [2.45, 2.75) is 18.9 Å². The molecule has 1 aromatic rings. The lowest BCUT2D eigenvalue weighted by atomic mass is 10.0.